The van der Waals surface area contributed by atoms with Gasteiger partial charge in [-0.25, -0.2) is 8.42 Å². The van der Waals surface area contributed by atoms with E-state index < -0.39 is 9.84 Å². The summed E-state index contributed by atoms with van der Waals surface area (Å²) in [6.45, 7) is 0.471. The van der Waals surface area contributed by atoms with Gasteiger partial charge in [-0.05, 0) is 44.1 Å². The molecule has 1 aromatic carbocycles. The average molecular weight is 354 g/mol. The molecule has 1 aromatic rings. The predicted octanol–water partition coefficient (Wildman–Crippen LogP) is 1.24. The molecule has 0 bridgehead atoms. The molecule has 1 aliphatic heterocycles. The standard InChI is InChI=1S/C17H26N2O4S/c1-19(2)16(14-5-4-6-15(10-14)23-3)11-18-17(20)9-13-7-8-24(21,22)12-13/h4-6,10,13,16H,7-9,11-12H2,1-3H3,(H,18,20). The maximum atomic E-state index is 12.1. The van der Waals surface area contributed by atoms with Crippen molar-refractivity contribution in [2.24, 2.45) is 5.92 Å². The Hall–Kier alpha value is -1.60. The zero-order valence-corrected chi connectivity index (χ0v) is 15.3. The molecule has 1 amide bonds. The fraction of sp³-hybridized carbons (Fsp3) is 0.588. The Morgan fingerprint density at radius 1 is 1.42 bits per heavy atom. The van der Waals surface area contributed by atoms with E-state index in [1.165, 1.54) is 0 Å². The number of ether oxygens (including phenoxy) is 1. The zero-order valence-electron chi connectivity index (χ0n) is 14.5. The number of benzene rings is 1. The van der Waals surface area contributed by atoms with E-state index in [-0.39, 0.29) is 35.8 Å². The van der Waals surface area contributed by atoms with Gasteiger partial charge in [0.2, 0.25) is 5.91 Å². The quantitative estimate of drug-likeness (QED) is 0.797. The smallest absolute Gasteiger partial charge is 0.220 e. The summed E-state index contributed by atoms with van der Waals surface area (Å²) in [5.41, 5.74) is 1.06. The third-order valence-electron chi connectivity index (χ3n) is 4.40. The number of hydrogen-bond donors (Lipinski definition) is 1. The highest BCUT2D eigenvalue weighted by Gasteiger charge is 2.29. The minimum atomic E-state index is -2.94. The van der Waals surface area contributed by atoms with E-state index in [0.29, 0.717) is 13.0 Å². The van der Waals surface area contributed by atoms with Crippen LogP contribution in [-0.2, 0) is 14.6 Å². The van der Waals surface area contributed by atoms with Crippen molar-refractivity contribution in [2.45, 2.75) is 18.9 Å². The van der Waals surface area contributed by atoms with Gasteiger partial charge in [-0.3, -0.25) is 4.79 Å². The maximum absolute atomic E-state index is 12.1. The molecule has 1 N–H and O–H groups in total. The number of nitrogens with one attached hydrogen (secondary N) is 1. The van der Waals surface area contributed by atoms with E-state index in [2.05, 4.69) is 5.32 Å². The Bertz CT molecular complexity index is 673. The third-order valence-corrected chi connectivity index (χ3v) is 6.23. The monoisotopic (exact) mass is 354 g/mol. The van der Waals surface area contributed by atoms with Gasteiger partial charge in [0.25, 0.3) is 0 Å². The molecule has 2 unspecified atom stereocenters. The first-order valence-electron chi connectivity index (χ1n) is 8.08. The summed E-state index contributed by atoms with van der Waals surface area (Å²) in [4.78, 5) is 14.2. The molecule has 1 saturated heterocycles. The lowest BCUT2D eigenvalue weighted by atomic mass is 10.0. The van der Waals surface area contributed by atoms with E-state index in [1.54, 1.807) is 7.11 Å². The molecule has 1 heterocycles. The molecule has 0 spiro atoms. The van der Waals surface area contributed by atoms with Gasteiger partial charge in [-0.15, -0.1) is 0 Å². The normalized spacial score (nSPS) is 20.8. The first-order valence-corrected chi connectivity index (χ1v) is 9.90. The Morgan fingerprint density at radius 2 is 2.17 bits per heavy atom. The molecule has 1 aliphatic rings. The molecular formula is C17H26N2O4S. The summed E-state index contributed by atoms with van der Waals surface area (Å²) in [7, 11) is 2.60. The van der Waals surface area contributed by atoms with Crippen LogP contribution in [0.2, 0.25) is 0 Å². The van der Waals surface area contributed by atoms with Crippen LogP contribution in [0.25, 0.3) is 0 Å². The topological polar surface area (TPSA) is 75.7 Å². The molecule has 2 atom stereocenters. The van der Waals surface area contributed by atoms with Crippen LogP contribution in [0.3, 0.4) is 0 Å². The predicted molar refractivity (Wildman–Crippen MR) is 93.8 cm³/mol. The third kappa shape index (κ3) is 5.21. The van der Waals surface area contributed by atoms with Crippen molar-refractivity contribution in [3.05, 3.63) is 29.8 Å². The molecule has 0 aromatic heterocycles. The van der Waals surface area contributed by atoms with Crippen molar-refractivity contribution < 1.29 is 17.9 Å². The van der Waals surface area contributed by atoms with E-state index in [0.717, 1.165) is 11.3 Å². The van der Waals surface area contributed by atoms with Crippen LogP contribution in [0.4, 0.5) is 0 Å². The summed E-state index contributed by atoms with van der Waals surface area (Å²) >= 11 is 0. The van der Waals surface area contributed by atoms with Gasteiger partial charge in [0.1, 0.15) is 5.75 Å². The highest BCUT2D eigenvalue weighted by atomic mass is 32.2. The van der Waals surface area contributed by atoms with Gasteiger partial charge in [-0.2, -0.15) is 0 Å². The summed E-state index contributed by atoms with van der Waals surface area (Å²) in [6, 6.07) is 7.80. The molecule has 0 aliphatic carbocycles. The summed E-state index contributed by atoms with van der Waals surface area (Å²) in [6.07, 6.45) is 0.861. The Morgan fingerprint density at radius 3 is 2.75 bits per heavy atom. The molecule has 0 radical (unpaired) electrons. The lowest BCUT2D eigenvalue weighted by molar-refractivity contribution is -0.122. The maximum Gasteiger partial charge on any atom is 0.220 e. The van der Waals surface area contributed by atoms with Crippen molar-refractivity contribution >= 4 is 15.7 Å². The van der Waals surface area contributed by atoms with Crippen molar-refractivity contribution in [3.8, 4) is 5.75 Å². The van der Waals surface area contributed by atoms with E-state index in [1.807, 2.05) is 43.3 Å². The number of methoxy groups -OCH3 is 1. The van der Waals surface area contributed by atoms with Crippen LogP contribution in [-0.4, -0.2) is 58.5 Å². The van der Waals surface area contributed by atoms with Crippen LogP contribution in [0.15, 0.2) is 24.3 Å². The Balaban J connectivity index is 1.92. The van der Waals surface area contributed by atoms with Crippen LogP contribution in [0.5, 0.6) is 5.75 Å². The second-order valence-electron chi connectivity index (χ2n) is 6.53. The number of hydrogen-bond acceptors (Lipinski definition) is 5. The first-order chi connectivity index (χ1) is 11.3. The Labute approximate surface area is 144 Å². The van der Waals surface area contributed by atoms with E-state index in [4.69, 9.17) is 4.74 Å². The SMILES string of the molecule is COc1cccc(C(CNC(=O)CC2CCS(=O)(=O)C2)N(C)C)c1. The number of rotatable bonds is 7. The summed E-state index contributed by atoms with van der Waals surface area (Å²) in [5, 5.41) is 2.94. The van der Waals surface area contributed by atoms with E-state index in [9.17, 15) is 13.2 Å². The average Bonchev–Trinajstić information content (AvgIpc) is 2.86. The fourth-order valence-electron chi connectivity index (χ4n) is 3.03. The molecule has 24 heavy (non-hydrogen) atoms. The first kappa shape index (κ1) is 18.7. The van der Waals surface area contributed by atoms with Gasteiger partial charge < -0.3 is 15.0 Å². The number of nitrogens with zero attached hydrogens (tertiary/aromatic N) is 1. The lowest BCUT2D eigenvalue weighted by Gasteiger charge is -2.25. The molecule has 134 valence electrons. The fourth-order valence-corrected chi connectivity index (χ4v) is 4.89. The minimum absolute atomic E-state index is 0.0244. The molecule has 2 rings (SSSR count). The molecule has 0 saturated carbocycles. The van der Waals surface area contributed by atoms with Crippen LogP contribution in [0.1, 0.15) is 24.4 Å². The van der Waals surface area contributed by atoms with Crippen LogP contribution < -0.4 is 10.1 Å². The van der Waals surface area contributed by atoms with Crippen LogP contribution >= 0.6 is 0 Å². The van der Waals surface area contributed by atoms with Gasteiger partial charge in [-0.1, -0.05) is 12.1 Å². The highest BCUT2D eigenvalue weighted by Crippen LogP contribution is 2.23. The minimum Gasteiger partial charge on any atom is -0.497 e. The van der Waals surface area contributed by atoms with Crippen LogP contribution in [0, 0.1) is 5.92 Å². The Kier molecular flexibility index (Phi) is 6.23. The molecular weight excluding hydrogens is 328 g/mol. The number of carbonyl (C=O) groups excluding carboxylic acids is 1. The van der Waals surface area contributed by atoms with Gasteiger partial charge in [0.05, 0.1) is 24.7 Å². The number of amides is 1. The van der Waals surface area contributed by atoms with Crippen molar-refractivity contribution in [1.82, 2.24) is 10.2 Å². The van der Waals surface area contributed by atoms with Gasteiger partial charge in [0, 0.05) is 13.0 Å². The van der Waals surface area contributed by atoms with Crippen molar-refractivity contribution in [2.75, 3.05) is 39.3 Å². The highest BCUT2D eigenvalue weighted by molar-refractivity contribution is 7.91. The summed E-state index contributed by atoms with van der Waals surface area (Å²) < 4.78 is 28.2. The van der Waals surface area contributed by atoms with Gasteiger partial charge >= 0.3 is 0 Å². The van der Waals surface area contributed by atoms with Gasteiger partial charge in [0.15, 0.2) is 9.84 Å². The largest absolute Gasteiger partial charge is 0.497 e. The molecule has 6 nitrogen and oxygen atoms in total. The summed E-state index contributed by atoms with van der Waals surface area (Å²) in [5.74, 6) is 0.973. The lowest BCUT2D eigenvalue weighted by Crippen LogP contribution is -2.35. The number of sulfone groups is 1. The van der Waals surface area contributed by atoms with E-state index >= 15 is 0 Å². The number of carbonyl (C=O) groups is 1. The second kappa shape index (κ2) is 7.98. The molecule has 7 heteroatoms. The second-order valence-corrected chi connectivity index (χ2v) is 8.76. The van der Waals surface area contributed by atoms with Crippen molar-refractivity contribution in [1.29, 1.82) is 0 Å². The zero-order chi connectivity index (χ0) is 17.7. The molecule has 1 fully saturated rings. The van der Waals surface area contributed by atoms with Crippen molar-refractivity contribution in [3.63, 3.8) is 0 Å². The number of likely N-dealkylation sites (N-methyl/N-ethyl adjacent to an activating group) is 1.